The van der Waals surface area contributed by atoms with Crippen molar-refractivity contribution in [2.75, 3.05) is 17.7 Å². The van der Waals surface area contributed by atoms with E-state index in [1.165, 1.54) is 12.0 Å². The van der Waals surface area contributed by atoms with Crippen molar-refractivity contribution < 1.29 is 9.53 Å². The molecule has 2 rings (SSSR count). The lowest BCUT2D eigenvalue weighted by molar-refractivity contribution is 0.0602. The van der Waals surface area contributed by atoms with E-state index in [2.05, 4.69) is 30.2 Å². The third kappa shape index (κ3) is 3.55. The largest absolute Gasteiger partial charge is 0.465 e. The molecule has 0 saturated carbocycles. The highest BCUT2D eigenvalue weighted by Crippen LogP contribution is 2.26. The fourth-order valence-corrected chi connectivity index (χ4v) is 2.85. The van der Waals surface area contributed by atoms with E-state index < -0.39 is 5.97 Å². The summed E-state index contributed by atoms with van der Waals surface area (Å²) in [5.41, 5.74) is 7.67. The third-order valence-electron chi connectivity index (χ3n) is 3.30. The second-order valence-electron chi connectivity index (χ2n) is 5.06. The van der Waals surface area contributed by atoms with Crippen LogP contribution in [-0.2, 0) is 11.3 Å². The van der Waals surface area contributed by atoms with Gasteiger partial charge in [0.1, 0.15) is 0 Å². The summed E-state index contributed by atoms with van der Waals surface area (Å²) in [4.78, 5) is 15.3. The average Bonchev–Trinajstić information content (AvgIpc) is 2.97. The van der Waals surface area contributed by atoms with Crippen molar-refractivity contribution in [2.24, 2.45) is 0 Å². The second-order valence-corrected chi connectivity index (χ2v) is 6.10. The number of benzene rings is 1. The fourth-order valence-electron chi connectivity index (χ4n) is 2.15. The van der Waals surface area contributed by atoms with Crippen LogP contribution in [0.2, 0.25) is 0 Å². The van der Waals surface area contributed by atoms with Gasteiger partial charge in [-0.25, -0.2) is 4.79 Å². The van der Waals surface area contributed by atoms with Gasteiger partial charge in [-0.15, -0.1) is 11.3 Å². The van der Waals surface area contributed by atoms with Gasteiger partial charge >= 0.3 is 5.97 Å². The van der Waals surface area contributed by atoms with Gasteiger partial charge in [0.2, 0.25) is 0 Å². The van der Waals surface area contributed by atoms with Crippen LogP contribution < -0.4 is 10.6 Å². The van der Waals surface area contributed by atoms with Gasteiger partial charge in [0.15, 0.2) is 0 Å². The van der Waals surface area contributed by atoms with Crippen molar-refractivity contribution in [2.45, 2.75) is 26.4 Å². The molecule has 112 valence electrons. The van der Waals surface area contributed by atoms with Crippen molar-refractivity contribution in [1.82, 2.24) is 0 Å². The van der Waals surface area contributed by atoms with Crippen LogP contribution >= 0.6 is 11.3 Å². The molecule has 1 heterocycles. The molecule has 0 unspecified atom stereocenters. The normalized spacial score (nSPS) is 10.7. The lowest BCUT2D eigenvalue weighted by atomic mass is 10.1. The molecule has 0 amide bonds. The van der Waals surface area contributed by atoms with Crippen LogP contribution in [0, 0.1) is 0 Å². The standard InChI is InChI=1S/C16H20N2O2S/c1-11(2)18(10-13-5-4-8-21-13)12-6-7-15(17)14(9-12)16(19)20-3/h4-9,11H,10,17H2,1-3H3. The third-order valence-corrected chi connectivity index (χ3v) is 4.16. The molecule has 0 radical (unpaired) electrons. The summed E-state index contributed by atoms with van der Waals surface area (Å²) in [7, 11) is 1.36. The molecule has 2 aromatic rings. The summed E-state index contributed by atoms with van der Waals surface area (Å²) in [6, 6.07) is 9.95. The molecule has 1 aromatic heterocycles. The first kappa shape index (κ1) is 15.4. The first-order valence-electron chi connectivity index (χ1n) is 6.79. The molecule has 0 fully saturated rings. The van der Waals surface area contributed by atoms with Gasteiger partial charge < -0.3 is 15.4 Å². The smallest absolute Gasteiger partial charge is 0.340 e. The number of esters is 1. The molecular formula is C16H20N2O2S. The Hall–Kier alpha value is -2.01. The summed E-state index contributed by atoms with van der Waals surface area (Å²) in [6.45, 7) is 5.06. The topological polar surface area (TPSA) is 55.6 Å². The Morgan fingerprint density at radius 3 is 2.71 bits per heavy atom. The van der Waals surface area contributed by atoms with Crippen molar-refractivity contribution in [3.63, 3.8) is 0 Å². The Bertz CT molecular complexity index is 609. The number of thiophene rings is 1. The molecule has 0 bridgehead atoms. The highest BCUT2D eigenvalue weighted by molar-refractivity contribution is 7.09. The predicted molar refractivity (Wildman–Crippen MR) is 87.8 cm³/mol. The Labute approximate surface area is 129 Å². The van der Waals surface area contributed by atoms with Gasteiger partial charge in [0, 0.05) is 22.3 Å². The minimum absolute atomic E-state index is 0.307. The van der Waals surface area contributed by atoms with Crippen molar-refractivity contribution in [3.8, 4) is 0 Å². The molecule has 21 heavy (non-hydrogen) atoms. The summed E-state index contributed by atoms with van der Waals surface area (Å²) >= 11 is 1.72. The number of hydrogen-bond donors (Lipinski definition) is 1. The zero-order valence-electron chi connectivity index (χ0n) is 12.5. The highest BCUT2D eigenvalue weighted by atomic mass is 32.1. The number of nitrogens with two attached hydrogens (primary N) is 1. The van der Waals surface area contributed by atoms with Crippen molar-refractivity contribution in [3.05, 3.63) is 46.2 Å². The first-order chi connectivity index (χ1) is 10.0. The van der Waals surface area contributed by atoms with Crippen LogP contribution in [0.5, 0.6) is 0 Å². The number of rotatable bonds is 5. The van der Waals surface area contributed by atoms with Gasteiger partial charge in [-0.3, -0.25) is 0 Å². The molecule has 0 aliphatic rings. The van der Waals surface area contributed by atoms with E-state index in [-0.39, 0.29) is 0 Å². The summed E-state index contributed by atoms with van der Waals surface area (Å²) in [6.07, 6.45) is 0. The highest BCUT2D eigenvalue weighted by Gasteiger charge is 2.16. The van der Waals surface area contributed by atoms with Gasteiger partial charge in [-0.2, -0.15) is 0 Å². The lowest BCUT2D eigenvalue weighted by Crippen LogP contribution is -2.30. The van der Waals surface area contributed by atoms with Crippen LogP contribution in [0.25, 0.3) is 0 Å². The molecule has 2 N–H and O–H groups in total. The maximum absolute atomic E-state index is 11.8. The minimum Gasteiger partial charge on any atom is -0.465 e. The first-order valence-corrected chi connectivity index (χ1v) is 7.67. The Morgan fingerprint density at radius 2 is 2.14 bits per heavy atom. The summed E-state index contributed by atoms with van der Waals surface area (Å²) in [5.74, 6) is -0.408. The Morgan fingerprint density at radius 1 is 1.38 bits per heavy atom. The summed E-state index contributed by atoms with van der Waals surface area (Å²) in [5, 5.41) is 2.07. The molecular weight excluding hydrogens is 284 g/mol. The number of nitrogens with zero attached hydrogens (tertiary/aromatic N) is 1. The van der Waals surface area contributed by atoms with Gasteiger partial charge in [0.05, 0.1) is 19.2 Å². The van der Waals surface area contributed by atoms with Crippen molar-refractivity contribution >= 4 is 28.7 Å². The molecule has 0 saturated heterocycles. The van der Waals surface area contributed by atoms with E-state index in [9.17, 15) is 4.79 Å². The van der Waals surface area contributed by atoms with E-state index in [0.29, 0.717) is 17.3 Å². The number of carbonyl (C=O) groups is 1. The van der Waals surface area contributed by atoms with E-state index in [1.54, 1.807) is 23.5 Å². The minimum atomic E-state index is -0.408. The SMILES string of the molecule is COC(=O)c1cc(N(Cc2cccs2)C(C)C)ccc1N. The lowest BCUT2D eigenvalue weighted by Gasteiger charge is -2.29. The predicted octanol–water partition coefficient (Wildman–Crippen LogP) is 3.53. The van der Waals surface area contributed by atoms with Crippen LogP contribution in [0.1, 0.15) is 29.1 Å². The molecule has 0 aliphatic carbocycles. The van der Waals surface area contributed by atoms with Crippen LogP contribution in [-0.4, -0.2) is 19.1 Å². The fraction of sp³-hybridized carbons (Fsp3) is 0.312. The van der Waals surface area contributed by atoms with Crippen LogP contribution in [0.4, 0.5) is 11.4 Å². The number of nitrogen functional groups attached to an aromatic ring is 1. The Kier molecular flexibility index (Phi) is 4.85. The van der Waals surface area contributed by atoms with Gasteiger partial charge in [0.25, 0.3) is 0 Å². The number of hydrogen-bond acceptors (Lipinski definition) is 5. The van der Waals surface area contributed by atoms with Crippen LogP contribution in [0.3, 0.4) is 0 Å². The molecule has 1 aromatic carbocycles. The van der Waals surface area contributed by atoms with Crippen molar-refractivity contribution in [1.29, 1.82) is 0 Å². The molecule has 5 heteroatoms. The van der Waals surface area contributed by atoms with Crippen LogP contribution in [0.15, 0.2) is 35.7 Å². The zero-order chi connectivity index (χ0) is 15.4. The second kappa shape index (κ2) is 6.63. The molecule has 0 atom stereocenters. The maximum Gasteiger partial charge on any atom is 0.340 e. The number of anilines is 2. The average molecular weight is 304 g/mol. The number of carbonyl (C=O) groups excluding carboxylic acids is 1. The molecule has 0 spiro atoms. The summed E-state index contributed by atoms with van der Waals surface area (Å²) < 4.78 is 4.78. The van der Waals surface area contributed by atoms with E-state index in [1.807, 2.05) is 12.1 Å². The molecule has 0 aliphatic heterocycles. The Balaban J connectivity index is 2.34. The maximum atomic E-state index is 11.8. The monoisotopic (exact) mass is 304 g/mol. The van der Waals surface area contributed by atoms with E-state index in [4.69, 9.17) is 10.5 Å². The zero-order valence-corrected chi connectivity index (χ0v) is 13.3. The number of methoxy groups -OCH3 is 1. The van der Waals surface area contributed by atoms with Gasteiger partial charge in [-0.1, -0.05) is 6.07 Å². The van der Waals surface area contributed by atoms with E-state index >= 15 is 0 Å². The quantitative estimate of drug-likeness (QED) is 0.678. The van der Waals surface area contributed by atoms with Gasteiger partial charge in [-0.05, 0) is 43.5 Å². The number of ether oxygens (including phenoxy) is 1. The molecule has 4 nitrogen and oxygen atoms in total. The van der Waals surface area contributed by atoms with E-state index in [0.717, 1.165) is 12.2 Å².